The number of hydrogen-bond donors (Lipinski definition) is 1. The van der Waals surface area contributed by atoms with Crippen LogP contribution in [0.3, 0.4) is 0 Å². The number of aryl methyl sites for hydroxylation is 1. The summed E-state index contributed by atoms with van der Waals surface area (Å²) in [5, 5.41) is 3.80. The molecule has 0 bridgehead atoms. The number of nitrogens with one attached hydrogen (secondary N) is 1. The summed E-state index contributed by atoms with van der Waals surface area (Å²) >= 11 is 12.0. The second-order valence-corrected chi connectivity index (χ2v) is 5.53. The molecule has 0 fully saturated rings. The maximum atomic E-state index is 12.1. The first kappa shape index (κ1) is 15.7. The summed E-state index contributed by atoms with van der Waals surface area (Å²) in [6.45, 7) is 3.60. The third kappa shape index (κ3) is 4.38. The van der Waals surface area contributed by atoms with E-state index in [2.05, 4.69) is 5.32 Å². The van der Waals surface area contributed by atoms with Crippen molar-refractivity contribution in [3.05, 3.63) is 58.1 Å². The van der Waals surface area contributed by atoms with E-state index in [1.54, 1.807) is 43.3 Å². The summed E-state index contributed by atoms with van der Waals surface area (Å²) < 4.78 is 5.55. The van der Waals surface area contributed by atoms with Crippen molar-refractivity contribution in [2.24, 2.45) is 0 Å². The molecule has 0 saturated carbocycles. The smallest absolute Gasteiger partial charge is 0.265 e. The van der Waals surface area contributed by atoms with E-state index < -0.39 is 6.10 Å². The van der Waals surface area contributed by atoms with E-state index in [0.29, 0.717) is 21.5 Å². The summed E-state index contributed by atoms with van der Waals surface area (Å²) in [5.41, 5.74) is 1.59. The van der Waals surface area contributed by atoms with Crippen LogP contribution in [0.4, 0.5) is 5.69 Å². The lowest BCUT2D eigenvalue weighted by atomic mass is 10.2. The highest BCUT2D eigenvalue weighted by atomic mass is 35.5. The monoisotopic (exact) mass is 323 g/mol. The number of rotatable bonds is 4. The van der Waals surface area contributed by atoms with Gasteiger partial charge in [0.05, 0.1) is 10.7 Å². The van der Waals surface area contributed by atoms with E-state index in [9.17, 15) is 4.79 Å². The second-order valence-electron chi connectivity index (χ2n) is 4.69. The van der Waals surface area contributed by atoms with Crippen LogP contribution in [0.1, 0.15) is 12.5 Å². The molecule has 0 aliphatic heterocycles. The number of ether oxygens (including phenoxy) is 1. The molecule has 1 atom stereocenters. The zero-order valence-corrected chi connectivity index (χ0v) is 13.2. The van der Waals surface area contributed by atoms with Gasteiger partial charge in [-0.25, -0.2) is 0 Å². The number of carbonyl (C=O) groups excluding carboxylic acids is 1. The Hall–Kier alpha value is -1.71. The average molecular weight is 324 g/mol. The van der Waals surface area contributed by atoms with Gasteiger partial charge >= 0.3 is 0 Å². The molecule has 0 saturated heterocycles. The Balaban J connectivity index is 2.02. The van der Waals surface area contributed by atoms with Crippen LogP contribution in [0, 0.1) is 6.92 Å². The van der Waals surface area contributed by atoms with Crippen molar-refractivity contribution in [2.75, 3.05) is 5.32 Å². The van der Waals surface area contributed by atoms with Crippen LogP contribution in [-0.4, -0.2) is 12.0 Å². The van der Waals surface area contributed by atoms with Crippen LogP contribution < -0.4 is 10.1 Å². The van der Waals surface area contributed by atoms with Crippen molar-refractivity contribution in [2.45, 2.75) is 20.0 Å². The molecule has 0 aliphatic carbocycles. The van der Waals surface area contributed by atoms with Crippen LogP contribution in [-0.2, 0) is 4.79 Å². The van der Waals surface area contributed by atoms with Gasteiger partial charge in [0.2, 0.25) is 0 Å². The SMILES string of the molecule is Cc1ccc(NC(=O)C(C)Oc2cccc(Cl)c2)c(Cl)c1. The Morgan fingerprint density at radius 1 is 1.19 bits per heavy atom. The molecule has 0 heterocycles. The fourth-order valence-corrected chi connectivity index (χ4v) is 2.22. The maximum Gasteiger partial charge on any atom is 0.265 e. The molecule has 110 valence electrons. The van der Waals surface area contributed by atoms with E-state index in [-0.39, 0.29) is 5.91 Å². The molecule has 21 heavy (non-hydrogen) atoms. The summed E-state index contributed by atoms with van der Waals surface area (Å²) in [4.78, 5) is 12.1. The van der Waals surface area contributed by atoms with E-state index >= 15 is 0 Å². The highest BCUT2D eigenvalue weighted by Gasteiger charge is 2.16. The Morgan fingerprint density at radius 3 is 2.62 bits per heavy atom. The zero-order valence-electron chi connectivity index (χ0n) is 11.7. The van der Waals surface area contributed by atoms with E-state index in [1.165, 1.54) is 0 Å². The van der Waals surface area contributed by atoms with Crippen LogP contribution >= 0.6 is 23.2 Å². The molecule has 3 nitrogen and oxygen atoms in total. The van der Waals surface area contributed by atoms with E-state index in [1.807, 2.05) is 13.0 Å². The maximum absolute atomic E-state index is 12.1. The standard InChI is InChI=1S/C16H15Cl2NO2/c1-10-6-7-15(14(18)8-10)19-16(20)11(2)21-13-5-3-4-12(17)9-13/h3-9,11H,1-2H3,(H,19,20). The van der Waals surface area contributed by atoms with Gasteiger partial charge < -0.3 is 10.1 Å². The quantitative estimate of drug-likeness (QED) is 0.885. The minimum atomic E-state index is -0.666. The van der Waals surface area contributed by atoms with Crippen molar-refractivity contribution in [1.82, 2.24) is 0 Å². The normalized spacial score (nSPS) is 11.8. The third-order valence-corrected chi connectivity index (χ3v) is 3.41. The van der Waals surface area contributed by atoms with Crippen LogP contribution in [0.2, 0.25) is 10.0 Å². The van der Waals surface area contributed by atoms with E-state index in [4.69, 9.17) is 27.9 Å². The Morgan fingerprint density at radius 2 is 1.95 bits per heavy atom. The topological polar surface area (TPSA) is 38.3 Å². The number of halogens is 2. The molecule has 0 radical (unpaired) electrons. The largest absolute Gasteiger partial charge is 0.481 e. The van der Waals surface area contributed by atoms with Gasteiger partial charge in [-0.15, -0.1) is 0 Å². The van der Waals surface area contributed by atoms with Gasteiger partial charge in [0.1, 0.15) is 5.75 Å². The molecular formula is C16H15Cl2NO2. The third-order valence-electron chi connectivity index (χ3n) is 2.86. The van der Waals surface area contributed by atoms with Crippen molar-refractivity contribution >= 4 is 34.8 Å². The molecular weight excluding hydrogens is 309 g/mol. The molecule has 5 heteroatoms. The number of amides is 1. The Kier molecular flexibility index (Phi) is 5.10. The van der Waals surface area contributed by atoms with Crippen molar-refractivity contribution in [1.29, 1.82) is 0 Å². The van der Waals surface area contributed by atoms with Gasteiger partial charge in [-0.05, 0) is 49.7 Å². The molecule has 2 aromatic carbocycles. The Bertz CT molecular complexity index is 658. The first-order chi connectivity index (χ1) is 9.95. The summed E-state index contributed by atoms with van der Waals surface area (Å²) in [7, 11) is 0. The van der Waals surface area contributed by atoms with Crippen LogP contribution in [0.25, 0.3) is 0 Å². The van der Waals surface area contributed by atoms with Gasteiger partial charge in [-0.2, -0.15) is 0 Å². The lowest BCUT2D eigenvalue weighted by Crippen LogP contribution is -2.30. The van der Waals surface area contributed by atoms with Gasteiger partial charge in [-0.3, -0.25) is 4.79 Å². The minimum Gasteiger partial charge on any atom is -0.481 e. The highest BCUT2D eigenvalue weighted by molar-refractivity contribution is 6.33. The number of carbonyl (C=O) groups is 1. The summed E-state index contributed by atoms with van der Waals surface area (Å²) in [6, 6.07) is 12.3. The molecule has 1 N–H and O–H groups in total. The van der Waals surface area contributed by atoms with Crippen molar-refractivity contribution in [3.8, 4) is 5.75 Å². The lowest BCUT2D eigenvalue weighted by molar-refractivity contribution is -0.122. The summed E-state index contributed by atoms with van der Waals surface area (Å²) in [5.74, 6) is 0.265. The van der Waals surface area contributed by atoms with Crippen molar-refractivity contribution in [3.63, 3.8) is 0 Å². The van der Waals surface area contributed by atoms with Gasteiger partial charge in [0.15, 0.2) is 6.10 Å². The fraction of sp³-hybridized carbons (Fsp3) is 0.188. The first-order valence-corrected chi connectivity index (χ1v) is 7.20. The molecule has 0 aromatic heterocycles. The van der Waals surface area contributed by atoms with Crippen LogP contribution in [0.5, 0.6) is 5.75 Å². The Labute approximate surface area is 133 Å². The average Bonchev–Trinajstić information content (AvgIpc) is 2.41. The zero-order chi connectivity index (χ0) is 15.4. The van der Waals surface area contributed by atoms with Gasteiger partial charge in [0, 0.05) is 5.02 Å². The number of hydrogen-bond acceptors (Lipinski definition) is 2. The first-order valence-electron chi connectivity index (χ1n) is 6.45. The summed E-state index contributed by atoms with van der Waals surface area (Å²) in [6.07, 6.45) is -0.666. The van der Waals surface area contributed by atoms with Crippen LogP contribution in [0.15, 0.2) is 42.5 Å². The lowest BCUT2D eigenvalue weighted by Gasteiger charge is -2.15. The minimum absolute atomic E-state index is 0.277. The second kappa shape index (κ2) is 6.83. The number of anilines is 1. The fourth-order valence-electron chi connectivity index (χ4n) is 1.75. The van der Waals surface area contributed by atoms with Crippen molar-refractivity contribution < 1.29 is 9.53 Å². The molecule has 2 aromatic rings. The predicted molar refractivity (Wildman–Crippen MR) is 86.4 cm³/mol. The molecule has 0 spiro atoms. The number of benzene rings is 2. The highest BCUT2D eigenvalue weighted by Crippen LogP contribution is 2.23. The van der Waals surface area contributed by atoms with Gasteiger partial charge in [0.25, 0.3) is 5.91 Å². The predicted octanol–water partition coefficient (Wildman–Crippen LogP) is 4.71. The molecule has 0 aliphatic rings. The molecule has 1 unspecified atom stereocenters. The molecule has 1 amide bonds. The molecule has 2 rings (SSSR count). The van der Waals surface area contributed by atoms with Gasteiger partial charge in [-0.1, -0.05) is 35.3 Å². The van der Waals surface area contributed by atoms with E-state index in [0.717, 1.165) is 5.56 Å².